The summed E-state index contributed by atoms with van der Waals surface area (Å²) in [7, 11) is -4.38. The molecule has 0 atom stereocenters. The number of benzene rings is 2. The molecule has 10 nitrogen and oxygen atoms in total. The summed E-state index contributed by atoms with van der Waals surface area (Å²) < 4.78 is 71.2. The second kappa shape index (κ2) is 7.46. The van der Waals surface area contributed by atoms with Gasteiger partial charge in [0.05, 0.1) is 21.1 Å². The molecular formula is C17H14F3N5O5S. The van der Waals surface area contributed by atoms with E-state index in [1.54, 1.807) is 4.90 Å². The predicted molar refractivity (Wildman–Crippen MR) is 101 cm³/mol. The molecule has 0 N–H and O–H groups in total. The van der Waals surface area contributed by atoms with Crippen LogP contribution in [0.15, 0.2) is 45.9 Å². The van der Waals surface area contributed by atoms with Crippen LogP contribution in [0.1, 0.15) is 5.56 Å². The number of piperazine rings is 1. The third kappa shape index (κ3) is 3.67. The molecule has 2 aromatic carbocycles. The number of rotatable bonds is 4. The zero-order valence-corrected chi connectivity index (χ0v) is 16.4. The van der Waals surface area contributed by atoms with Crippen LogP contribution in [0.4, 0.5) is 24.5 Å². The number of nitro benzene ring substituents is 1. The predicted octanol–water partition coefficient (Wildman–Crippen LogP) is 2.66. The molecule has 1 aromatic heterocycles. The van der Waals surface area contributed by atoms with Crippen molar-refractivity contribution in [1.82, 2.24) is 14.6 Å². The van der Waals surface area contributed by atoms with Gasteiger partial charge in [0.15, 0.2) is 5.52 Å². The first-order valence-electron chi connectivity index (χ1n) is 8.91. The minimum atomic E-state index is -4.81. The molecule has 1 fully saturated rings. The van der Waals surface area contributed by atoms with Gasteiger partial charge in [0, 0.05) is 32.2 Å². The molecule has 164 valence electrons. The molecule has 3 aromatic rings. The van der Waals surface area contributed by atoms with Crippen molar-refractivity contribution in [2.45, 2.75) is 11.1 Å². The average molecular weight is 457 g/mol. The van der Waals surface area contributed by atoms with E-state index in [1.165, 1.54) is 18.2 Å². The molecular weight excluding hydrogens is 443 g/mol. The fraction of sp³-hybridized carbons (Fsp3) is 0.294. The summed E-state index contributed by atoms with van der Waals surface area (Å²) in [6, 6.07) is 6.73. The van der Waals surface area contributed by atoms with E-state index in [2.05, 4.69) is 14.9 Å². The minimum absolute atomic E-state index is 0.0448. The topological polar surface area (TPSA) is 123 Å². The zero-order chi connectivity index (χ0) is 22.4. The van der Waals surface area contributed by atoms with Crippen molar-refractivity contribution in [2.24, 2.45) is 0 Å². The molecule has 0 unspecified atom stereocenters. The van der Waals surface area contributed by atoms with Gasteiger partial charge < -0.3 is 4.90 Å². The Hall–Kier alpha value is -3.26. The first-order valence-corrected chi connectivity index (χ1v) is 10.4. The molecule has 0 amide bonds. The SMILES string of the molecule is O=[N+]([O-])c1ccc(N2CCN(S(=O)(=O)c3ccccc3C(F)(F)F)CC2)c2nonc12. The van der Waals surface area contributed by atoms with E-state index in [0.717, 1.165) is 22.5 Å². The summed E-state index contributed by atoms with van der Waals surface area (Å²) in [5, 5.41) is 18.4. The van der Waals surface area contributed by atoms with Crippen LogP contribution in [0.5, 0.6) is 0 Å². The quantitative estimate of drug-likeness (QED) is 0.433. The molecule has 4 rings (SSSR count). The lowest BCUT2D eigenvalue weighted by Gasteiger charge is -2.35. The Bertz CT molecular complexity index is 1250. The molecule has 0 radical (unpaired) electrons. The molecule has 0 spiro atoms. The number of sulfonamides is 1. The highest BCUT2D eigenvalue weighted by molar-refractivity contribution is 7.89. The average Bonchev–Trinajstić information content (AvgIpc) is 3.22. The summed E-state index contributed by atoms with van der Waals surface area (Å²) >= 11 is 0. The highest BCUT2D eigenvalue weighted by Gasteiger charge is 2.39. The lowest BCUT2D eigenvalue weighted by molar-refractivity contribution is -0.383. The molecule has 1 saturated heterocycles. The van der Waals surface area contributed by atoms with Crippen LogP contribution in [-0.4, -0.2) is 54.1 Å². The fourth-order valence-corrected chi connectivity index (χ4v) is 5.11. The van der Waals surface area contributed by atoms with Crippen LogP contribution >= 0.6 is 0 Å². The summed E-state index contributed by atoms with van der Waals surface area (Å²) in [5.74, 6) is 0. The van der Waals surface area contributed by atoms with Gasteiger partial charge in [-0.1, -0.05) is 12.1 Å². The number of hydrogen-bond acceptors (Lipinski definition) is 8. The molecule has 31 heavy (non-hydrogen) atoms. The van der Waals surface area contributed by atoms with Crippen molar-refractivity contribution in [1.29, 1.82) is 0 Å². The van der Waals surface area contributed by atoms with Gasteiger partial charge in [0.2, 0.25) is 15.5 Å². The number of nitro groups is 1. The summed E-state index contributed by atoms with van der Waals surface area (Å²) in [6.45, 7) is 0.0942. The Morgan fingerprint density at radius 3 is 2.29 bits per heavy atom. The van der Waals surface area contributed by atoms with E-state index in [4.69, 9.17) is 0 Å². The summed E-state index contributed by atoms with van der Waals surface area (Å²) in [4.78, 5) is 11.4. The Balaban J connectivity index is 1.59. The number of fused-ring (bicyclic) bond motifs is 1. The van der Waals surface area contributed by atoms with Gasteiger partial charge in [-0.15, -0.1) is 0 Å². The third-order valence-electron chi connectivity index (χ3n) is 4.96. The number of anilines is 1. The molecule has 14 heteroatoms. The van der Waals surface area contributed by atoms with Crippen molar-refractivity contribution < 1.29 is 31.1 Å². The van der Waals surface area contributed by atoms with E-state index in [9.17, 15) is 31.7 Å². The van der Waals surface area contributed by atoms with Crippen molar-refractivity contribution >= 4 is 32.4 Å². The van der Waals surface area contributed by atoms with Gasteiger partial charge in [-0.2, -0.15) is 17.5 Å². The largest absolute Gasteiger partial charge is 0.417 e. The number of hydrogen-bond donors (Lipinski definition) is 0. The van der Waals surface area contributed by atoms with Gasteiger partial charge in [0.1, 0.15) is 0 Å². The zero-order valence-electron chi connectivity index (χ0n) is 15.6. The van der Waals surface area contributed by atoms with E-state index in [-0.39, 0.29) is 42.9 Å². The van der Waals surface area contributed by atoms with Crippen molar-refractivity contribution in [2.75, 3.05) is 31.1 Å². The first-order chi connectivity index (χ1) is 14.6. The normalized spacial score (nSPS) is 16.0. The van der Waals surface area contributed by atoms with Gasteiger partial charge in [0.25, 0.3) is 0 Å². The second-order valence-electron chi connectivity index (χ2n) is 6.71. The second-order valence-corrected chi connectivity index (χ2v) is 8.61. The Labute approximate surface area is 173 Å². The fourth-order valence-electron chi connectivity index (χ4n) is 3.48. The van der Waals surface area contributed by atoms with Crippen LogP contribution in [0, 0.1) is 10.1 Å². The molecule has 0 bridgehead atoms. The lowest BCUT2D eigenvalue weighted by atomic mass is 10.2. The molecule has 0 aliphatic carbocycles. The van der Waals surface area contributed by atoms with Gasteiger partial charge >= 0.3 is 11.9 Å². The number of halogens is 3. The van der Waals surface area contributed by atoms with E-state index in [0.29, 0.717) is 5.69 Å². The number of aromatic nitrogens is 2. The van der Waals surface area contributed by atoms with Crippen molar-refractivity contribution in [3.63, 3.8) is 0 Å². The summed E-state index contributed by atoms with van der Waals surface area (Å²) in [5.41, 5.74) is -0.952. The third-order valence-corrected chi connectivity index (χ3v) is 6.92. The van der Waals surface area contributed by atoms with E-state index in [1.807, 2.05) is 0 Å². The Morgan fingerprint density at radius 1 is 1.00 bits per heavy atom. The van der Waals surface area contributed by atoms with E-state index < -0.39 is 31.6 Å². The van der Waals surface area contributed by atoms with Crippen LogP contribution in [-0.2, 0) is 16.2 Å². The van der Waals surface area contributed by atoms with E-state index >= 15 is 0 Å². The first kappa shape index (κ1) is 21.0. The maximum Gasteiger partial charge on any atom is 0.417 e. The summed E-state index contributed by atoms with van der Waals surface area (Å²) in [6.07, 6.45) is -4.81. The van der Waals surface area contributed by atoms with Gasteiger partial charge in [-0.3, -0.25) is 10.1 Å². The highest BCUT2D eigenvalue weighted by Crippen LogP contribution is 2.36. The standard InChI is InChI=1S/C17H14F3N5O5S/c18-17(19,20)11-3-1-2-4-14(11)31(28,29)24-9-7-23(8-10-24)12-5-6-13(25(26)27)16-15(12)21-30-22-16/h1-6H,7-10H2. The highest BCUT2D eigenvalue weighted by atomic mass is 32.2. The van der Waals surface area contributed by atoms with Gasteiger partial charge in [-0.25, -0.2) is 13.0 Å². The molecule has 1 aliphatic rings. The van der Waals surface area contributed by atoms with Crippen LogP contribution in [0.3, 0.4) is 0 Å². The number of alkyl halides is 3. The van der Waals surface area contributed by atoms with Crippen LogP contribution in [0.2, 0.25) is 0 Å². The maximum absolute atomic E-state index is 13.3. The number of nitrogens with zero attached hydrogens (tertiary/aromatic N) is 5. The molecule has 2 heterocycles. The van der Waals surface area contributed by atoms with Crippen molar-refractivity contribution in [3.05, 3.63) is 52.1 Å². The van der Waals surface area contributed by atoms with Crippen molar-refractivity contribution in [3.8, 4) is 0 Å². The monoisotopic (exact) mass is 457 g/mol. The molecule has 1 aliphatic heterocycles. The number of non-ortho nitro benzene ring substituents is 1. The van der Waals surface area contributed by atoms with Crippen LogP contribution < -0.4 is 4.90 Å². The lowest BCUT2D eigenvalue weighted by Crippen LogP contribution is -2.49. The Kier molecular flexibility index (Phi) is 5.05. The van der Waals surface area contributed by atoms with Crippen LogP contribution in [0.25, 0.3) is 11.0 Å². The smallest absolute Gasteiger partial charge is 0.367 e. The van der Waals surface area contributed by atoms with Gasteiger partial charge in [-0.05, 0) is 28.5 Å². The Morgan fingerprint density at radius 2 is 1.65 bits per heavy atom. The minimum Gasteiger partial charge on any atom is -0.367 e. The molecule has 0 saturated carbocycles. The maximum atomic E-state index is 13.3.